The van der Waals surface area contributed by atoms with Crippen molar-refractivity contribution in [3.63, 3.8) is 0 Å². The molecule has 1 heterocycles. The third kappa shape index (κ3) is 5.06. The average molecular weight is 451 g/mol. The fourth-order valence-electron chi connectivity index (χ4n) is 3.42. The third-order valence-electron chi connectivity index (χ3n) is 5.58. The topological polar surface area (TPSA) is 84.8 Å². The Morgan fingerprint density at radius 3 is 2.44 bits per heavy atom. The highest BCUT2D eigenvalue weighted by atomic mass is 19.2. The van der Waals surface area contributed by atoms with E-state index in [1.54, 1.807) is 19.9 Å². The number of rotatable bonds is 8. The maximum Gasteiger partial charge on any atom is 0.256 e. The first-order chi connectivity index (χ1) is 15.0. The first-order valence-electron chi connectivity index (χ1n) is 10.4. The summed E-state index contributed by atoms with van der Waals surface area (Å²) < 4.78 is 42.9. The molecule has 0 spiro atoms. The minimum absolute atomic E-state index is 0.0294. The molecule has 6 nitrogen and oxygen atoms in total. The lowest BCUT2D eigenvalue weighted by Crippen LogP contribution is -2.68. The molecule has 174 valence electrons. The minimum atomic E-state index is -1.29. The SMILES string of the molecule is CCc1ccc(Nc2c(C(=O)N3CC(O)(CNC(C)(C)CO)C3)ccc(F)c2F)c(F)c1. The van der Waals surface area contributed by atoms with Gasteiger partial charge >= 0.3 is 0 Å². The lowest BCUT2D eigenvalue weighted by molar-refractivity contribution is -0.0825. The zero-order chi connectivity index (χ0) is 23.7. The number of hydrogen-bond donors (Lipinski definition) is 4. The van der Waals surface area contributed by atoms with Crippen molar-refractivity contribution >= 4 is 17.3 Å². The van der Waals surface area contributed by atoms with Crippen LogP contribution < -0.4 is 10.6 Å². The summed E-state index contributed by atoms with van der Waals surface area (Å²) in [4.78, 5) is 14.3. The summed E-state index contributed by atoms with van der Waals surface area (Å²) in [7, 11) is 0. The summed E-state index contributed by atoms with van der Waals surface area (Å²) in [6.45, 7) is 5.34. The second-order valence-electron chi connectivity index (χ2n) is 8.86. The number of nitrogens with zero attached hydrogens (tertiary/aromatic N) is 1. The highest BCUT2D eigenvalue weighted by Gasteiger charge is 2.45. The average Bonchev–Trinajstić information content (AvgIpc) is 2.74. The minimum Gasteiger partial charge on any atom is -0.394 e. The molecule has 0 aromatic heterocycles. The first-order valence-corrected chi connectivity index (χ1v) is 10.4. The molecule has 32 heavy (non-hydrogen) atoms. The molecule has 0 saturated carbocycles. The molecule has 0 radical (unpaired) electrons. The van der Waals surface area contributed by atoms with Crippen LogP contribution in [0.4, 0.5) is 24.5 Å². The number of benzene rings is 2. The maximum absolute atomic E-state index is 14.6. The molecule has 0 aliphatic carbocycles. The van der Waals surface area contributed by atoms with E-state index < -0.39 is 40.2 Å². The molecule has 3 rings (SSSR count). The Kier molecular flexibility index (Phi) is 6.83. The van der Waals surface area contributed by atoms with Gasteiger partial charge in [-0.3, -0.25) is 4.79 Å². The molecular formula is C23H28F3N3O3. The van der Waals surface area contributed by atoms with Crippen molar-refractivity contribution in [1.29, 1.82) is 0 Å². The Labute approximate surface area is 185 Å². The lowest BCUT2D eigenvalue weighted by Gasteiger charge is -2.47. The second kappa shape index (κ2) is 9.09. The Morgan fingerprint density at radius 1 is 1.16 bits per heavy atom. The van der Waals surface area contributed by atoms with Crippen LogP contribution in [0.1, 0.15) is 36.7 Å². The van der Waals surface area contributed by atoms with Crippen molar-refractivity contribution in [1.82, 2.24) is 10.2 Å². The van der Waals surface area contributed by atoms with E-state index in [-0.39, 0.29) is 37.5 Å². The van der Waals surface area contributed by atoms with Gasteiger partial charge in [0.05, 0.1) is 36.6 Å². The summed E-state index contributed by atoms with van der Waals surface area (Å²) in [5, 5.41) is 25.4. The van der Waals surface area contributed by atoms with E-state index in [2.05, 4.69) is 10.6 Å². The number of amides is 1. The number of halogens is 3. The van der Waals surface area contributed by atoms with Gasteiger partial charge in [0, 0.05) is 12.1 Å². The van der Waals surface area contributed by atoms with Crippen molar-refractivity contribution < 1.29 is 28.2 Å². The standard InChI is InChI=1S/C23H28F3N3O3/c1-4-14-5-8-18(17(25)9-14)28-20-15(6-7-16(24)19(20)26)21(31)29-11-23(32,12-29)10-27-22(2,3)13-30/h5-9,27-28,30,32H,4,10-13H2,1-3H3. The molecule has 4 N–H and O–H groups in total. The Morgan fingerprint density at radius 2 is 1.84 bits per heavy atom. The normalized spacial score (nSPS) is 15.4. The van der Waals surface area contributed by atoms with Gasteiger partial charge in [-0.05, 0) is 50.1 Å². The van der Waals surface area contributed by atoms with Gasteiger partial charge in [0.15, 0.2) is 11.6 Å². The van der Waals surface area contributed by atoms with Crippen LogP contribution in [0, 0.1) is 17.5 Å². The van der Waals surface area contributed by atoms with E-state index in [0.29, 0.717) is 6.42 Å². The molecule has 1 aliphatic heterocycles. The van der Waals surface area contributed by atoms with E-state index in [0.717, 1.165) is 17.7 Å². The number of β-amino-alcohol motifs (C(OH)–C–C–N with tert-alkyl or cyclic N) is 1. The molecular weight excluding hydrogens is 423 g/mol. The monoisotopic (exact) mass is 451 g/mol. The molecule has 0 atom stereocenters. The van der Waals surface area contributed by atoms with Crippen LogP contribution in [0.2, 0.25) is 0 Å². The van der Waals surface area contributed by atoms with E-state index in [1.807, 2.05) is 6.92 Å². The zero-order valence-corrected chi connectivity index (χ0v) is 18.3. The Balaban J connectivity index is 1.79. The maximum atomic E-state index is 14.6. The number of aryl methyl sites for hydroxylation is 1. The highest BCUT2D eigenvalue weighted by Crippen LogP contribution is 2.31. The summed E-state index contributed by atoms with van der Waals surface area (Å²) in [6, 6.07) is 6.31. The summed E-state index contributed by atoms with van der Waals surface area (Å²) in [6.07, 6.45) is 0.609. The number of nitrogens with one attached hydrogen (secondary N) is 2. The van der Waals surface area contributed by atoms with Crippen molar-refractivity contribution in [2.45, 2.75) is 38.3 Å². The number of likely N-dealkylation sites (tertiary alicyclic amines) is 1. The number of carbonyl (C=O) groups is 1. The smallest absolute Gasteiger partial charge is 0.256 e. The summed E-state index contributed by atoms with van der Waals surface area (Å²) in [5.74, 6) is -3.74. The van der Waals surface area contributed by atoms with Gasteiger partial charge in [0.1, 0.15) is 11.4 Å². The molecule has 1 fully saturated rings. The molecule has 0 bridgehead atoms. The van der Waals surface area contributed by atoms with E-state index in [1.165, 1.54) is 17.0 Å². The highest BCUT2D eigenvalue weighted by molar-refractivity contribution is 6.01. The van der Waals surface area contributed by atoms with Crippen molar-refractivity contribution in [3.8, 4) is 0 Å². The van der Waals surface area contributed by atoms with Crippen LogP contribution in [0.15, 0.2) is 30.3 Å². The third-order valence-corrected chi connectivity index (χ3v) is 5.58. The van der Waals surface area contributed by atoms with Gasteiger partial charge < -0.3 is 25.7 Å². The molecule has 9 heteroatoms. The lowest BCUT2D eigenvalue weighted by atomic mass is 9.91. The van der Waals surface area contributed by atoms with E-state index in [9.17, 15) is 28.2 Å². The number of carbonyl (C=O) groups excluding carboxylic acids is 1. The Hall–Kier alpha value is -2.62. The van der Waals surface area contributed by atoms with Crippen molar-refractivity contribution in [2.75, 3.05) is 31.6 Å². The van der Waals surface area contributed by atoms with Crippen LogP contribution in [0.5, 0.6) is 0 Å². The zero-order valence-electron chi connectivity index (χ0n) is 18.3. The van der Waals surface area contributed by atoms with E-state index >= 15 is 0 Å². The fraction of sp³-hybridized carbons (Fsp3) is 0.435. The fourth-order valence-corrected chi connectivity index (χ4v) is 3.42. The predicted molar refractivity (Wildman–Crippen MR) is 115 cm³/mol. The number of aliphatic hydroxyl groups excluding tert-OH is 1. The van der Waals surface area contributed by atoms with Crippen LogP contribution in [0.25, 0.3) is 0 Å². The summed E-state index contributed by atoms with van der Waals surface area (Å²) >= 11 is 0. The molecule has 1 amide bonds. The first kappa shape index (κ1) is 24.0. The van der Waals surface area contributed by atoms with Crippen molar-refractivity contribution in [3.05, 3.63) is 58.9 Å². The second-order valence-corrected chi connectivity index (χ2v) is 8.86. The van der Waals surface area contributed by atoms with Gasteiger partial charge in [-0.25, -0.2) is 13.2 Å². The predicted octanol–water partition coefficient (Wildman–Crippen LogP) is 2.96. The molecule has 2 aromatic rings. The number of hydrogen-bond acceptors (Lipinski definition) is 5. The van der Waals surface area contributed by atoms with Crippen LogP contribution in [-0.4, -0.2) is 58.4 Å². The van der Waals surface area contributed by atoms with Crippen molar-refractivity contribution in [2.24, 2.45) is 0 Å². The molecule has 1 aliphatic rings. The van der Waals surface area contributed by atoms with Crippen LogP contribution in [0.3, 0.4) is 0 Å². The quantitative estimate of drug-likeness (QED) is 0.496. The summed E-state index contributed by atoms with van der Waals surface area (Å²) in [5.41, 5.74) is -1.80. The number of anilines is 2. The van der Waals surface area contributed by atoms with Crippen LogP contribution >= 0.6 is 0 Å². The van der Waals surface area contributed by atoms with Crippen LogP contribution in [-0.2, 0) is 6.42 Å². The van der Waals surface area contributed by atoms with Gasteiger partial charge in [-0.15, -0.1) is 0 Å². The Bertz CT molecular complexity index is 1010. The van der Waals surface area contributed by atoms with Gasteiger partial charge in [0.2, 0.25) is 0 Å². The molecule has 1 saturated heterocycles. The largest absolute Gasteiger partial charge is 0.394 e. The van der Waals surface area contributed by atoms with Gasteiger partial charge in [0.25, 0.3) is 5.91 Å². The van der Waals surface area contributed by atoms with E-state index in [4.69, 9.17) is 0 Å². The molecule has 2 aromatic carbocycles. The molecule has 0 unspecified atom stereocenters. The van der Waals surface area contributed by atoms with Gasteiger partial charge in [-0.1, -0.05) is 13.0 Å². The van der Waals surface area contributed by atoms with Gasteiger partial charge in [-0.2, -0.15) is 0 Å². The number of aliphatic hydroxyl groups is 2.